The van der Waals surface area contributed by atoms with Crippen LogP contribution in [0.15, 0.2) is 48.5 Å². The van der Waals surface area contributed by atoms with Gasteiger partial charge in [0.2, 0.25) is 0 Å². The Hall–Kier alpha value is -1.73. The predicted molar refractivity (Wildman–Crippen MR) is 137 cm³/mol. The summed E-state index contributed by atoms with van der Waals surface area (Å²) in [5, 5.41) is 6.59. The van der Waals surface area contributed by atoms with Crippen LogP contribution in [0.3, 0.4) is 0 Å². The Balaban J connectivity index is -0.00000182. The van der Waals surface area contributed by atoms with Gasteiger partial charge in [-0.2, -0.15) is 0 Å². The van der Waals surface area contributed by atoms with Gasteiger partial charge in [-0.1, -0.05) is 0 Å². The number of halogens is 4. The first-order chi connectivity index (χ1) is 12.6. The zero-order chi connectivity index (χ0) is 18.8. The molecule has 0 heterocycles. The average Bonchev–Trinajstić information content (AvgIpc) is 2.64. The molecule has 0 aliphatic rings. The van der Waals surface area contributed by atoms with E-state index in [1.807, 2.05) is 43.3 Å². The van der Waals surface area contributed by atoms with Crippen LogP contribution in [0.4, 0.5) is 22.7 Å². The van der Waals surface area contributed by atoms with E-state index < -0.39 is 0 Å². The van der Waals surface area contributed by atoms with Gasteiger partial charge in [0.1, 0.15) is 6.04 Å². The lowest BCUT2D eigenvalue weighted by Crippen LogP contribution is -2.31. The van der Waals surface area contributed by atoms with Crippen LogP contribution in [0.25, 0.3) is 0 Å². The number of hydrogen-bond donors (Lipinski definition) is 4. The monoisotopic (exact) mass is 500 g/mol. The molecule has 0 saturated carbocycles. The van der Waals surface area contributed by atoms with Crippen LogP contribution in [-0.4, -0.2) is 25.2 Å². The van der Waals surface area contributed by atoms with E-state index >= 15 is 0 Å². The Morgan fingerprint density at radius 2 is 1.37 bits per heavy atom. The van der Waals surface area contributed by atoms with Crippen molar-refractivity contribution in [2.75, 3.05) is 35.3 Å². The van der Waals surface area contributed by atoms with E-state index in [1.165, 1.54) is 0 Å². The second-order valence-corrected chi connectivity index (χ2v) is 6.12. The van der Waals surface area contributed by atoms with Crippen LogP contribution in [0, 0.1) is 0 Å². The first-order valence-electron chi connectivity index (χ1n) is 8.96. The molecule has 1 unspecified atom stereocenters. The third-order valence-corrected chi connectivity index (χ3v) is 3.98. The normalized spacial score (nSPS) is 10.0. The van der Waals surface area contributed by atoms with Gasteiger partial charge in [-0.3, -0.25) is 0 Å². The molecule has 0 aromatic heterocycles. The summed E-state index contributed by atoms with van der Waals surface area (Å²) in [6.45, 7) is 3.02. The third kappa shape index (κ3) is 12.1. The van der Waals surface area contributed by atoms with Gasteiger partial charge in [0, 0.05) is 29.3 Å². The van der Waals surface area contributed by atoms with Crippen molar-refractivity contribution in [1.82, 2.24) is 0 Å². The van der Waals surface area contributed by atoms with Crippen molar-refractivity contribution in [3.05, 3.63) is 48.5 Å². The van der Waals surface area contributed by atoms with Gasteiger partial charge in [0.25, 0.3) is 0 Å². The zero-order valence-corrected chi connectivity index (χ0v) is 20.1. The topological polar surface area (TPSA) is 102 Å². The highest BCUT2D eigenvalue weighted by atomic mass is 35.5. The Morgan fingerprint density at radius 1 is 0.867 bits per heavy atom. The van der Waals surface area contributed by atoms with Crippen molar-refractivity contribution in [2.24, 2.45) is 0 Å². The smallest absolute Gasteiger partial charge is 0.328 e. The maximum atomic E-state index is 12.2. The van der Waals surface area contributed by atoms with Gasteiger partial charge in [0.15, 0.2) is 0 Å². The Bertz CT molecular complexity index is 688. The predicted octanol–water partition coefficient (Wildman–Crippen LogP) is 5.16. The molecule has 172 valence electrons. The highest BCUT2D eigenvalue weighted by molar-refractivity contribution is 5.86. The molecule has 0 fully saturated rings. The summed E-state index contributed by atoms with van der Waals surface area (Å²) >= 11 is 0. The fourth-order valence-corrected chi connectivity index (χ4v) is 2.58. The molecule has 1 atom stereocenters. The quantitative estimate of drug-likeness (QED) is 0.203. The number of nitrogens with two attached hydrogens (primary N) is 2. The van der Waals surface area contributed by atoms with Crippen molar-refractivity contribution >= 4 is 78.3 Å². The van der Waals surface area contributed by atoms with Crippen molar-refractivity contribution < 1.29 is 9.53 Å². The molecule has 6 N–H and O–H groups in total. The van der Waals surface area contributed by atoms with Gasteiger partial charge in [-0.25, -0.2) is 4.79 Å². The number of hydrogen-bond acceptors (Lipinski definition) is 6. The summed E-state index contributed by atoms with van der Waals surface area (Å²) in [6.07, 6.45) is 2.55. The van der Waals surface area contributed by atoms with Crippen LogP contribution in [0.2, 0.25) is 0 Å². The van der Waals surface area contributed by atoms with E-state index in [9.17, 15) is 4.79 Å². The second-order valence-electron chi connectivity index (χ2n) is 6.12. The van der Waals surface area contributed by atoms with Gasteiger partial charge in [-0.15, -0.1) is 49.6 Å². The number of benzene rings is 2. The molecule has 0 aliphatic heterocycles. The number of anilines is 4. The number of ether oxygens (including phenoxy) is 1. The fourth-order valence-electron chi connectivity index (χ4n) is 2.58. The summed E-state index contributed by atoms with van der Waals surface area (Å²) in [5.41, 5.74) is 14.7. The van der Waals surface area contributed by atoms with Crippen molar-refractivity contribution in [1.29, 1.82) is 0 Å². The zero-order valence-electron chi connectivity index (χ0n) is 16.8. The lowest BCUT2D eigenvalue weighted by molar-refractivity contribution is -0.144. The number of nitrogens with one attached hydrogen (secondary N) is 2. The molecule has 10 heteroatoms. The van der Waals surface area contributed by atoms with E-state index in [2.05, 4.69) is 10.6 Å². The standard InChI is InChI=1S/C20H28N4O2.4ClH/c1-2-26-20(25)19(24-18-12-8-16(22)9-13-18)5-3-4-14-23-17-10-6-15(21)7-11-17;;;;/h6-13,19,23-24H,2-5,14,21-22H2,1H3;4*1H. The van der Waals surface area contributed by atoms with Crippen molar-refractivity contribution in [2.45, 2.75) is 32.2 Å². The summed E-state index contributed by atoms with van der Waals surface area (Å²) in [4.78, 5) is 12.2. The van der Waals surface area contributed by atoms with Crippen LogP contribution < -0.4 is 22.1 Å². The minimum Gasteiger partial charge on any atom is -0.464 e. The first kappa shape index (κ1) is 32.9. The van der Waals surface area contributed by atoms with Gasteiger partial charge >= 0.3 is 5.97 Å². The van der Waals surface area contributed by atoms with E-state index in [0.29, 0.717) is 18.7 Å². The van der Waals surface area contributed by atoms with E-state index in [4.69, 9.17) is 16.2 Å². The average molecular weight is 502 g/mol. The minimum atomic E-state index is -0.366. The van der Waals surface area contributed by atoms with Crippen LogP contribution >= 0.6 is 49.6 Å². The van der Waals surface area contributed by atoms with Crippen LogP contribution in [-0.2, 0) is 9.53 Å². The number of esters is 1. The Kier molecular flexibility index (Phi) is 19.8. The molecule has 2 rings (SSSR count). The van der Waals surface area contributed by atoms with Gasteiger partial charge in [-0.05, 0) is 74.7 Å². The molecule has 0 amide bonds. The molecule has 0 spiro atoms. The van der Waals surface area contributed by atoms with Gasteiger partial charge < -0.3 is 26.8 Å². The fraction of sp³-hybridized carbons (Fsp3) is 0.350. The van der Waals surface area contributed by atoms with E-state index in [-0.39, 0.29) is 61.6 Å². The van der Waals surface area contributed by atoms with E-state index in [1.54, 1.807) is 12.1 Å². The number of carbonyl (C=O) groups is 1. The summed E-state index contributed by atoms with van der Waals surface area (Å²) in [7, 11) is 0. The minimum absolute atomic E-state index is 0. The number of unbranched alkanes of at least 4 members (excludes halogenated alkanes) is 1. The molecule has 0 aliphatic carbocycles. The van der Waals surface area contributed by atoms with Gasteiger partial charge in [0.05, 0.1) is 6.61 Å². The van der Waals surface area contributed by atoms with Crippen LogP contribution in [0.1, 0.15) is 26.2 Å². The number of nitrogen functional groups attached to an aromatic ring is 2. The molecule has 6 nitrogen and oxygen atoms in total. The lowest BCUT2D eigenvalue weighted by atomic mass is 10.1. The highest BCUT2D eigenvalue weighted by Crippen LogP contribution is 2.16. The summed E-state index contributed by atoms with van der Waals surface area (Å²) < 4.78 is 5.18. The number of carbonyl (C=O) groups excluding carboxylic acids is 1. The van der Waals surface area contributed by atoms with Crippen molar-refractivity contribution in [3.63, 3.8) is 0 Å². The highest BCUT2D eigenvalue weighted by Gasteiger charge is 2.19. The molecule has 2 aromatic carbocycles. The molecule has 30 heavy (non-hydrogen) atoms. The number of rotatable bonds is 10. The third-order valence-electron chi connectivity index (χ3n) is 3.98. The van der Waals surface area contributed by atoms with Crippen LogP contribution in [0.5, 0.6) is 0 Å². The molecule has 0 radical (unpaired) electrons. The molecular formula is C20H32Cl4N4O2. The Labute approximate surface area is 203 Å². The SMILES string of the molecule is CCOC(=O)C(CCCCNc1ccc(N)cc1)Nc1ccc(N)cc1.Cl.Cl.Cl.Cl. The molecule has 2 aromatic rings. The maximum Gasteiger partial charge on any atom is 0.328 e. The molecule has 0 saturated heterocycles. The Morgan fingerprint density at radius 3 is 1.87 bits per heavy atom. The maximum absolute atomic E-state index is 12.2. The second kappa shape index (κ2) is 18.1. The molecular weight excluding hydrogens is 470 g/mol. The van der Waals surface area contributed by atoms with Crippen molar-refractivity contribution in [3.8, 4) is 0 Å². The largest absolute Gasteiger partial charge is 0.464 e. The molecule has 0 bridgehead atoms. The van der Waals surface area contributed by atoms with E-state index in [0.717, 1.165) is 36.4 Å². The summed E-state index contributed by atoms with van der Waals surface area (Å²) in [6, 6.07) is 14.6. The summed E-state index contributed by atoms with van der Waals surface area (Å²) in [5.74, 6) is -0.226. The lowest BCUT2D eigenvalue weighted by Gasteiger charge is -2.18. The first-order valence-corrected chi connectivity index (χ1v) is 8.96.